The summed E-state index contributed by atoms with van der Waals surface area (Å²) in [7, 11) is 0. The second-order valence-corrected chi connectivity index (χ2v) is 4.30. The number of nitrogens with one attached hydrogen (secondary N) is 1. The summed E-state index contributed by atoms with van der Waals surface area (Å²) in [4.78, 5) is 8.23. The minimum atomic E-state index is 0.727. The molecule has 0 saturated heterocycles. The predicted octanol–water partition coefficient (Wildman–Crippen LogP) is 1.49. The largest absolute Gasteiger partial charge is 0.380 e. The summed E-state index contributed by atoms with van der Waals surface area (Å²) >= 11 is 0. The lowest BCUT2D eigenvalue weighted by Gasteiger charge is -2.05. The molecular formula is C13H15N7. The molecule has 3 heterocycles. The molecule has 0 bridgehead atoms. The molecule has 3 aromatic heterocycles. The highest BCUT2D eigenvalue weighted by molar-refractivity contribution is 5.43. The zero-order valence-electron chi connectivity index (χ0n) is 11.1. The highest BCUT2D eigenvalue weighted by Crippen LogP contribution is 2.10. The maximum absolute atomic E-state index is 4.33. The molecule has 0 spiro atoms. The van der Waals surface area contributed by atoms with Crippen LogP contribution in [0.4, 0.5) is 5.69 Å². The maximum atomic E-state index is 4.33. The fourth-order valence-electron chi connectivity index (χ4n) is 1.83. The van der Waals surface area contributed by atoms with Crippen LogP contribution in [0.25, 0.3) is 5.82 Å². The molecule has 7 nitrogen and oxygen atoms in total. The van der Waals surface area contributed by atoms with Gasteiger partial charge in [-0.2, -0.15) is 10.2 Å². The molecule has 0 aromatic carbocycles. The highest BCUT2D eigenvalue weighted by Gasteiger charge is 2.00. The monoisotopic (exact) mass is 269 g/mol. The van der Waals surface area contributed by atoms with E-state index in [4.69, 9.17) is 0 Å². The average molecular weight is 269 g/mol. The minimum Gasteiger partial charge on any atom is -0.380 e. The molecule has 20 heavy (non-hydrogen) atoms. The third-order valence-electron chi connectivity index (χ3n) is 2.91. The second kappa shape index (κ2) is 5.52. The summed E-state index contributed by atoms with van der Waals surface area (Å²) in [6.45, 7) is 3.68. The van der Waals surface area contributed by atoms with E-state index in [-0.39, 0.29) is 0 Å². The van der Waals surface area contributed by atoms with Gasteiger partial charge in [0.05, 0.1) is 18.1 Å². The first-order chi connectivity index (χ1) is 9.85. The van der Waals surface area contributed by atoms with Gasteiger partial charge in [0.15, 0.2) is 5.82 Å². The minimum absolute atomic E-state index is 0.727. The van der Waals surface area contributed by atoms with E-state index in [1.54, 1.807) is 17.2 Å². The third kappa shape index (κ3) is 2.66. The van der Waals surface area contributed by atoms with Crippen LogP contribution in [-0.2, 0) is 13.1 Å². The summed E-state index contributed by atoms with van der Waals surface area (Å²) in [6, 6.07) is 3.86. The molecule has 0 fully saturated rings. The Labute approximate surface area is 116 Å². The van der Waals surface area contributed by atoms with E-state index >= 15 is 0 Å². The van der Waals surface area contributed by atoms with Crippen LogP contribution in [0, 0.1) is 0 Å². The fourth-order valence-corrected chi connectivity index (χ4v) is 1.83. The van der Waals surface area contributed by atoms with Crippen LogP contribution < -0.4 is 5.32 Å². The Kier molecular flexibility index (Phi) is 3.40. The van der Waals surface area contributed by atoms with E-state index in [2.05, 4.69) is 32.4 Å². The predicted molar refractivity (Wildman–Crippen MR) is 74.4 cm³/mol. The molecule has 1 N–H and O–H groups in total. The lowest BCUT2D eigenvalue weighted by atomic mass is 10.3. The Morgan fingerprint density at radius 2 is 2.15 bits per heavy atom. The lowest BCUT2D eigenvalue weighted by Crippen LogP contribution is -2.01. The van der Waals surface area contributed by atoms with E-state index in [0.29, 0.717) is 0 Å². The summed E-state index contributed by atoms with van der Waals surface area (Å²) in [5.41, 5.74) is 2.10. The zero-order valence-corrected chi connectivity index (χ0v) is 11.1. The van der Waals surface area contributed by atoms with Gasteiger partial charge in [-0.1, -0.05) is 0 Å². The third-order valence-corrected chi connectivity index (χ3v) is 2.91. The van der Waals surface area contributed by atoms with Gasteiger partial charge in [0.2, 0.25) is 0 Å². The molecular weight excluding hydrogens is 254 g/mol. The second-order valence-electron chi connectivity index (χ2n) is 4.30. The Bertz CT molecular complexity index is 654. The van der Waals surface area contributed by atoms with E-state index < -0.39 is 0 Å². The first-order valence-corrected chi connectivity index (χ1v) is 6.41. The van der Waals surface area contributed by atoms with Gasteiger partial charge >= 0.3 is 0 Å². The molecule has 102 valence electrons. The lowest BCUT2D eigenvalue weighted by molar-refractivity contribution is 0.659. The molecule has 0 aliphatic heterocycles. The van der Waals surface area contributed by atoms with Crippen molar-refractivity contribution in [1.82, 2.24) is 29.5 Å². The van der Waals surface area contributed by atoms with Crippen LogP contribution in [-0.4, -0.2) is 29.5 Å². The van der Waals surface area contributed by atoms with Gasteiger partial charge in [-0.05, 0) is 19.1 Å². The van der Waals surface area contributed by atoms with Crippen molar-refractivity contribution < 1.29 is 0 Å². The number of nitrogens with zero attached hydrogens (tertiary/aromatic N) is 6. The topological polar surface area (TPSA) is 73.5 Å². The number of aryl methyl sites for hydroxylation is 1. The van der Waals surface area contributed by atoms with Crippen molar-refractivity contribution in [3.05, 3.63) is 48.9 Å². The number of anilines is 1. The molecule has 0 aliphatic carbocycles. The average Bonchev–Trinajstić information content (AvgIpc) is 3.17. The van der Waals surface area contributed by atoms with Crippen molar-refractivity contribution in [1.29, 1.82) is 0 Å². The van der Waals surface area contributed by atoms with Crippen LogP contribution in [0.3, 0.4) is 0 Å². The van der Waals surface area contributed by atoms with Crippen molar-refractivity contribution in [2.75, 3.05) is 5.32 Å². The number of pyridine rings is 1. The highest BCUT2D eigenvalue weighted by atomic mass is 15.3. The summed E-state index contributed by atoms with van der Waals surface area (Å²) in [5, 5.41) is 11.6. The first-order valence-electron chi connectivity index (χ1n) is 6.41. The van der Waals surface area contributed by atoms with Crippen molar-refractivity contribution in [2.45, 2.75) is 20.0 Å². The van der Waals surface area contributed by atoms with Crippen molar-refractivity contribution in [3.63, 3.8) is 0 Å². The van der Waals surface area contributed by atoms with Gasteiger partial charge in [0.1, 0.15) is 12.7 Å². The molecule has 0 unspecified atom stereocenters. The van der Waals surface area contributed by atoms with Gasteiger partial charge in [0, 0.05) is 24.8 Å². The zero-order chi connectivity index (χ0) is 13.8. The smallest absolute Gasteiger partial charge is 0.155 e. The van der Waals surface area contributed by atoms with Crippen LogP contribution in [0.15, 0.2) is 43.4 Å². The molecule has 7 heteroatoms. The number of hydrogen-bond donors (Lipinski definition) is 1. The van der Waals surface area contributed by atoms with Gasteiger partial charge in [-0.3, -0.25) is 4.68 Å². The Morgan fingerprint density at radius 1 is 1.20 bits per heavy atom. The molecule has 0 saturated carbocycles. The molecule has 0 atom stereocenters. The van der Waals surface area contributed by atoms with E-state index in [0.717, 1.165) is 30.2 Å². The summed E-state index contributed by atoms with van der Waals surface area (Å²) in [6.07, 6.45) is 8.78. The molecule has 3 aromatic rings. The molecule has 0 amide bonds. The van der Waals surface area contributed by atoms with Crippen LogP contribution >= 0.6 is 0 Å². The van der Waals surface area contributed by atoms with Gasteiger partial charge in [-0.25, -0.2) is 14.6 Å². The maximum Gasteiger partial charge on any atom is 0.155 e. The Hall–Kier alpha value is -2.70. The number of rotatable bonds is 5. The van der Waals surface area contributed by atoms with Crippen molar-refractivity contribution in [3.8, 4) is 5.82 Å². The summed E-state index contributed by atoms with van der Waals surface area (Å²) in [5.74, 6) is 0.742. The van der Waals surface area contributed by atoms with Gasteiger partial charge < -0.3 is 5.32 Å². The normalized spacial score (nSPS) is 10.7. The Balaban J connectivity index is 1.63. The van der Waals surface area contributed by atoms with Gasteiger partial charge in [-0.15, -0.1) is 0 Å². The first kappa shape index (κ1) is 12.3. The number of hydrogen-bond acceptors (Lipinski definition) is 5. The fraction of sp³-hybridized carbons (Fsp3) is 0.231. The van der Waals surface area contributed by atoms with E-state index in [1.807, 2.05) is 29.2 Å². The molecule has 0 radical (unpaired) electrons. The van der Waals surface area contributed by atoms with Crippen molar-refractivity contribution >= 4 is 5.69 Å². The van der Waals surface area contributed by atoms with Crippen molar-refractivity contribution in [2.24, 2.45) is 0 Å². The molecule has 3 rings (SSSR count). The quantitative estimate of drug-likeness (QED) is 0.759. The molecule has 0 aliphatic rings. The SMILES string of the molecule is CCn1cc(CNc2ccc(-n3cncn3)nc2)cn1. The van der Waals surface area contributed by atoms with Crippen LogP contribution in [0.2, 0.25) is 0 Å². The standard InChI is InChI=1S/C13H15N7/c1-2-19-8-11(6-17-19)5-15-12-3-4-13(16-7-12)20-10-14-9-18-20/h3-4,6-10,15H,2,5H2,1H3. The number of aromatic nitrogens is 6. The Morgan fingerprint density at radius 3 is 2.80 bits per heavy atom. The van der Waals surface area contributed by atoms with Crippen LogP contribution in [0.5, 0.6) is 0 Å². The van der Waals surface area contributed by atoms with Crippen LogP contribution in [0.1, 0.15) is 12.5 Å². The summed E-state index contributed by atoms with van der Waals surface area (Å²) < 4.78 is 3.53. The van der Waals surface area contributed by atoms with Gasteiger partial charge in [0.25, 0.3) is 0 Å². The van der Waals surface area contributed by atoms with E-state index in [1.165, 1.54) is 6.33 Å². The van der Waals surface area contributed by atoms with E-state index in [9.17, 15) is 0 Å².